The van der Waals surface area contributed by atoms with Crippen molar-refractivity contribution in [3.8, 4) is 0 Å². The van der Waals surface area contributed by atoms with Gasteiger partial charge in [-0.25, -0.2) is 4.79 Å². The van der Waals surface area contributed by atoms with Gasteiger partial charge in [-0.1, -0.05) is 69.3 Å². The second-order valence-electron chi connectivity index (χ2n) is 7.37. The average molecular weight is 369 g/mol. The summed E-state index contributed by atoms with van der Waals surface area (Å²) in [6.45, 7) is 5.10. The van der Waals surface area contributed by atoms with Crippen LogP contribution in [0.1, 0.15) is 32.8 Å². The molecular weight excluding hydrogens is 346 g/mol. The van der Waals surface area contributed by atoms with Gasteiger partial charge in [0, 0.05) is 5.41 Å². The number of fused-ring (bicyclic) bond motifs is 1. The third kappa shape index (κ3) is 2.90. The number of rotatable bonds is 5. The van der Waals surface area contributed by atoms with Crippen LogP contribution in [0.5, 0.6) is 0 Å². The second kappa shape index (κ2) is 6.78. The summed E-state index contributed by atoms with van der Waals surface area (Å²) >= 11 is 0. The van der Waals surface area contributed by atoms with Crippen LogP contribution < -0.4 is 0 Å². The molecule has 1 aliphatic carbocycles. The van der Waals surface area contributed by atoms with Crippen LogP contribution in [-0.2, 0) is 25.7 Å². The number of carbonyl (C=O) groups is 3. The number of likely N-dealkylation sites (tertiary alicyclic amines) is 1. The van der Waals surface area contributed by atoms with Gasteiger partial charge >= 0.3 is 5.97 Å². The molecule has 27 heavy (non-hydrogen) atoms. The van der Waals surface area contributed by atoms with Gasteiger partial charge in [-0.15, -0.1) is 0 Å². The Labute approximate surface area is 158 Å². The summed E-state index contributed by atoms with van der Waals surface area (Å²) in [6, 6.07) is 8.06. The molecule has 0 spiro atoms. The Hall–Kier alpha value is -2.73. The molecule has 1 heterocycles. The van der Waals surface area contributed by atoms with Crippen molar-refractivity contribution in [3.05, 3.63) is 59.7 Å². The van der Waals surface area contributed by atoms with Gasteiger partial charge in [0.2, 0.25) is 0 Å². The van der Waals surface area contributed by atoms with E-state index < -0.39 is 34.8 Å². The van der Waals surface area contributed by atoms with Crippen molar-refractivity contribution in [2.75, 3.05) is 0 Å². The van der Waals surface area contributed by atoms with Gasteiger partial charge in [0.05, 0.1) is 5.57 Å². The predicted octanol–water partition coefficient (Wildman–Crippen LogP) is 2.13. The number of hydrogen-bond donors (Lipinski definition) is 1. The van der Waals surface area contributed by atoms with Crippen molar-refractivity contribution in [2.24, 2.45) is 5.41 Å². The minimum Gasteiger partial charge on any atom is -0.459 e. The zero-order chi connectivity index (χ0) is 19.8. The lowest BCUT2D eigenvalue weighted by molar-refractivity contribution is -0.164. The molecule has 0 radical (unpaired) electrons. The van der Waals surface area contributed by atoms with Gasteiger partial charge in [0.25, 0.3) is 11.8 Å². The Morgan fingerprint density at radius 3 is 2.48 bits per heavy atom. The van der Waals surface area contributed by atoms with E-state index in [0.29, 0.717) is 0 Å². The molecule has 2 atom stereocenters. The van der Waals surface area contributed by atoms with Crippen LogP contribution in [0, 0.1) is 5.41 Å². The van der Waals surface area contributed by atoms with Crippen LogP contribution in [0.3, 0.4) is 0 Å². The van der Waals surface area contributed by atoms with Crippen molar-refractivity contribution in [1.82, 2.24) is 4.90 Å². The first-order chi connectivity index (χ1) is 12.7. The maximum absolute atomic E-state index is 13.0. The van der Waals surface area contributed by atoms with Crippen molar-refractivity contribution in [1.29, 1.82) is 0 Å². The molecule has 2 aliphatic rings. The molecule has 1 aromatic carbocycles. The second-order valence-corrected chi connectivity index (χ2v) is 7.37. The molecule has 2 unspecified atom stereocenters. The van der Waals surface area contributed by atoms with E-state index in [2.05, 4.69) is 0 Å². The molecular formula is C21H23NO5. The van der Waals surface area contributed by atoms with Gasteiger partial charge < -0.3 is 9.84 Å². The largest absolute Gasteiger partial charge is 0.459 e. The molecule has 0 saturated carbocycles. The molecule has 0 bridgehead atoms. The molecule has 1 aliphatic heterocycles. The van der Waals surface area contributed by atoms with Crippen molar-refractivity contribution >= 4 is 17.8 Å². The van der Waals surface area contributed by atoms with Crippen molar-refractivity contribution < 1.29 is 24.2 Å². The quantitative estimate of drug-likeness (QED) is 0.635. The van der Waals surface area contributed by atoms with Gasteiger partial charge in [0.1, 0.15) is 12.6 Å². The minimum atomic E-state index is -1.98. The number of amides is 2. The highest BCUT2D eigenvalue weighted by atomic mass is 16.5. The number of esters is 1. The first-order valence-corrected chi connectivity index (χ1v) is 8.95. The minimum absolute atomic E-state index is 0.00527. The Kier molecular flexibility index (Phi) is 4.78. The van der Waals surface area contributed by atoms with Crippen LogP contribution in [0.2, 0.25) is 0 Å². The maximum Gasteiger partial charge on any atom is 0.329 e. The van der Waals surface area contributed by atoms with Gasteiger partial charge in [-0.2, -0.15) is 0 Å². The number of aliphatic hydroxyl groups is 1. The first-order valence-electron chi connectivity index (χ1n) is 8.95. The standard InChI is InChI=1S/C21H23NO5/c1-4-16(18(24)27-13-14-9-6-5-7-10-14)22-17(23)15-11-8-12-20(2,3)21(15,26)19(22)25/h5-12,16,26H,4,13H2,1-3H3. The van der Waals surface area contributed by atoms with Gasteiger partial charge in [-0.05, 0) is 12.0 Å². The number of hydrogen-bond acceptors (Lipinski definition) is 5. The summed E-state index contributed by atoms with van der Waals surface area (Å²) in [7, 11) is 0. The van der Waals surface area contributed by atoms with E-state index in [9.17, 15) is 19.5 Å². The predicted molar refractivity (Wildman–Crippen MR) is 98.1 cm³/mol. The molecule has 6 heteroatoms. The summed E-state index contributed by atoms with van der Waals surface area (Å²) in [6.07, 6.45) is 4.96. The molecule has 142 valence electrons. The molecule has 1 saturated heterocycles. The summed E-state index contributed by atoms with van der Waals surface area (Å²) < 4.78 is 5.33. The maximum atomic E-state index is 13.0. The smallest absolute Gasteiger partial charge is 0.329 e. The Balaban J connectivity index is 1.84. The fourth-order valence-corrected chi connectivity index (χ4v) is 3.55. The number of nitrogens with zero attached hydrogens (tertiary/aromatic N) is 1. The fraction of sp³-hybridized carbons (Fsp3) is 0.381. The Morgan fingerprint density at radius 2 is 1.89 bits per heavy atom. The summed E-state index contributed by atoms with van der Waals surface area (Å²) in [5.74, 6) is -2.10. The monoisotopic (exact) mass is 369 g/mol. The summed E-state index contributed by atoms with van der Waals surface area (Å²) in [5.41, 5.74) is -2.15. The van der Waals surface area contributed by atoms with E-state index in [1.165, 1.54) is 6.08 Å². The van der Waals surface area contributed by atoms with Crippen LogP contribution in [0.4, 0.5) is 0 Å². The average Bonchev–Trinajstić information content (AvgIpc) is 2.84. The number of imide groups is 1. The molecule has 1 fully saturated rings. The van der Waals surface area contributed by atoms with Crippen molar-refractivity contribution in [2.45, 2.75) is 45.4 Å². The molecule has 3 rings (SSSR count). The van der Waals surface area contributed by atoms with E-state index in [0.717, 1.165) is 10.5 Å². The SMILES string of the molecule is CCC(C(=O)OCc1ccccc1)N1C(=O)C2=CC=CC(C)(C)C2(O)C1=O. The first kappa shape index (κ1) is 19.0. The van der Waals surface area contributed by atoms with Crippen LogP contribution in [0.15, 0.2) is 54.1 Å². The van der Waals surface area contributed by atoms with Gasteiger partial charge in [0.15, 0.2) is 5.60 Å². The van der Waals surface area contributed by atoms with Crippen molar-refractivity contribution in [3.63, 3.8) is 0 Å². The lowest BCUT2D eigenvalue weighted by Gasteiger charge is -2.38. The number of benzene rings is 1. The lowest BCUT2D eigenvalue weighted by atomic mass is 9.69. The van der Waals surface area contributed by atoms with Gasteiger partial charge in [-0.3, -0.25) is 14.5 Å². The van der Waals surface area contributed by atoms with E-state index in [1.807, 2.05) is 30.3 Å². The van der Waals surface area contributed by atoms with E-state index in [4.69, 9.17) is 4.74 Å². The number of allylic oxidation sites excluding steroid dienone is 2. The zero-order valence-corrected chi connectivity index (χ0v) is 15.6. The zero-order valence-electron chi connectivity index (χ0n) is 15.6. The van der Waals surface area contributed by atoms with Crippen LogP contribution >= 0.6 is 0 Å². The summed E-state index contributed by atoms with van der Waals surface area (Å²) in [5, 5.41) is 11.1. The number of carbonyl (C=O) groups excluding carboxylic acids is 3. The number of ether oxygens (including phenoxy) is 1. The third-order valence-corrected chi connectivity index (χ3v) is 5.27. The lowest BCUT2D eigenvalue weighted by Crippen LogP contribution is -2.54. The van der Waals surface area contributed by atoms with E-state index in [1.54, 1.807) is 32.9 Å². The highest BCUT2D eigenvalue weighted by Gasteiger charge is 2.64. The molecule has 0 aromatic heterocycles. The summed E-state index contributed by atoms with van der Waals surface area (Å²) in [4.78, 5) is 39.4. The Bertz CT molecular complexity index is 839. The molecule has 6 nitrogen and oxygen atoms in total. The fourth-order valence-electron chi connectivity index (χ4n) is 3.55. The third-order valence-electron chi connectivity index (χ3n) is 5.27. The highest BCUT2D eigenvalue weighted by molar-refractivity contribution is 6.21. The topological polar surface area (TPSA) is 83.9 Å². The van der Waals surface area contributed by atoms with E-state index >= 15 is 0 Å². The van der Waals surface area contributed by atoms with Crippen LogP contribution in [-0.4, -0.2) is 39.4 Å². The molecule has 2 amide bonds. The van der Waals surface area contributed by atoms with Crippen LogP contribution in [0.25, 0.3) is 0 Å². The molecule has 1 aromatic rings. The Morgan fingerprint density at radius 1 is 1.22 bits per heavy atom. The van der Waals surface area contributed by atoms with E-state index in [-0.39, 0.29) is 18.6 Å². The highest BCUT2D eigenvalue weighted by Crippen LogP contribution is 2.47. The normalized spacial score (nSPS) is 24.4. The molecule has 1 N–H and O–H groups in total.